The number of rotatable bonds is 5. The number of benzene rings is 2. The first kappa shape index (κ1) is 18.9. The molecule has 1 amide bonds. The molecular weight excluding hydrogens is 404 g/mol. The summed E-state index contributed by atoms with van der Waals surface area (Å²) in [7, 11) is 0. The van der Waals surface area contributed by atoms with E-state index >= 15 is 0 Å². The molecule has 4 rings (SSSR count). The van der Waals surface area contributed by atoms with Gasteiger partial charge in [-0.2, -0.15) is 4.98 Å². The van der Waals surface area contributed by atoms with Crippen molar-refractivity contribution in [1.29, 1.82) is 0 Å². The summed E-state index contributed by atoms with van der Waals surface area (Å²) < 4.78 is 18.7. The summed E-state index contributed by atoms with van der Waals surface area (Å²) in [5.41, 5.74) is 1.68. The van der Waals surface area contributed by atoms with Crippen LogP contribution < -0.4 is 0 Å². The molecule has 2 aromatic carbocycles. The Morgan fingerprint density at radius 2 is 1.96 bits per heavy atom. The van der Waals surface area contributed by atoms with Crippen molar-refractivity contribution in [1.82, 2.24) is 15.0 Å². The van der Waals surface area contributed by atoms with E-state index in [2.05, 4.69) is 10.1 Å². The number of halogens is 3. The van der Waals surface area contributed by atoms with Gasteiger partial charge >= 0.3 is 0 Å². The molecule has 0 aliphatic carbocycles. The number of aromatic nitrogens is 2. The molecule has 28 heavy (non-hydrogen) atoms. The van der Waals surface area contributed by atoms with E-state index in [1.54, 1.807) is 4.90 Å². The van der Waals surface area contributed by atoms with Gasteiger partial charge in [-0.05, 0) is 42.3 Å². The first-order valence-corrected chi connectivity index (χ1v) is 9.56. The van der Waals surface area contributed by atoms with Crippen molar-refractivity contribution in [2.45, 2.75) is 18.8 Å². The lowest BCUT2D eigenvalue weighted by molar-refractivity contribution is -0.127. The van der Waals surface area contributed by atoms with Gasteiger partial charge in [-0.1, -0.05) is 40.5 Å². The molecule has 0 radical (unpaired) electrons. The van der Waals surface area contributed by atoms with Crippen LogP contribution in [0.25, 0.3) is 11.4 Å². The largest absolute Gasteiger partial charge is 0.342 e. The van der Waals surface area contributed by atoms with E-state index < -0.39 is 5.82 Å². The van der Waals surface area contributed by atoms with E-state index in [-0.39, 0.29) is 16.8 Å². The predicted octanol–water partition coefficient (Wildman–Crippen LogP) is 4.74. The third kappa shape index (κ3) is 4.03. The Morgan fingerprint density at radius 3 is 2.71 bits per heavy atom. The molecule has 2 heterocycles. The van der Waals surface area contributed by atoms with E-state index in [1.807, 2.05) is 24.3 Å². The minimum Gasteiger partial charge on any atom is -0.342 e. The highest BCUT2D eigenvalue weighted by Crippen LogP contribution is 2.29. The zero-order chi connectivity index (χ0) is 19.7. The smallest absolute Gasteiger partial charge is 0.232 e. The van der Waals surface area contributed by atoms with Crippen molar-refractivity contribution in [3.63, 3.8) is 0 Å². The average Bonchev–Trinajstić information content (AvgIpc) is 3.31. The summed E-state index contributed by atoms with van der Waals surface area (Å²) in [5, 5.41) is 4.63. The van der Waals surface area contributed by atoms with E-state index in [9.17, 15) is 9.18 Å². The Bertz CT molecular complexity index is 1010. The summed E-state index contributed by atoms with van der Waals surface area (Å²) in [6.45, 7) is 1.14. The topological polar surface area (TPSA) is 59.2 Å². The van der Waals surface area contributed by atoms with Crippen LogP contribution in [-0.4, -0.2) is 34.0 Å². The van der Waals surface area contributed by atoms with Gasteiger partial charge in [-0.3, -0.25) is 4.79 Å². The first-order valence-electron chi connectivity index (χ1n) is 8.81. The van der Waals surface area contributed by atoms with Gasteiger partial charge in [0.1, 0.15) is 5.82 Å². The predicted molar refractivity (Wildman–Crippen MR) is 104 cm³/mol. The molecule has 1 aliphatic rings. The molecule has 0 N–H and O–H groups in total. The zero-order valence-electron chi connectivity index (χ0n) is 14.7. The molecule has 1 aromatic heterocycles. The Labute approximate surface area is 171 Å². The first-order chi connectivity index (χ1) is 13.5. The number of likely N-dealkylation sites (tertiary alicyclic amines) is 1. The van der Waals surface area contributed by atoms with E-state index in [0.29, 0.717) is 41.8 Å². The average molecular weight is 420 g/mol. The molecule has 0 saturated carbocycles. The molecule has 1 fully saturated rings. The number of carbonyl (C=O) groups excluding carboxylic acids is 1. The fraction of sp³-hybridized carbons (Fsp3) is 0.250. The van der Waals surface area contributed by atoms with E-state index in [1.165, 1.54) is 18.2 Å². The minimum atomic E-state index is -0.508. The number of hydrogen-bond donors (Lipinski definition) is 0. The Balaban J connectivity index is 1.41. The Hall–Kier alpha value is -2.44. The highest BCUT2D eigenvalue weighted by atomic mass is 35.5. The summed E-state index contributed by atoms with van der Waals surface area (Å²) in [5.74, 6) is 0.118. The van der Waals surface area contributed by atoms with Gasteiger partial charge in [-0.15, -0.1) is 0 Å². The molecule has 144 valence electrons. The quantitative estimate of drug-likeness (QED) is 0.598. The van der Waals surface area contributed by atoms with Crippen LogP contribution in [0.5, 0.6) is 0 Å². The van der Waals surface area contributed by atoms with Gasteiger partial charge in [0.15, 0.2) is 0 Å². The lowest BCUT2D eigenvalue weighted by atomic mass is 10.1. The lowest BCUT2D eigenvalue weighted by Gasteiger charge is -2.15. The fourth-order valence-corrected chi connectivity index (χ4v) is 3.53. The standard InChI is InChI=1S/C20H16Cl2FN3O2/c21-15-4-1-12(2-5-15)7-8-26-11-14(10-18(26)27)20-24-19(25-28-20)13-3-6-17(23)16(22)9-13/h1-6,9,14H,7-8,10-11H2. The molecule has 5 nitrogen and oxygen atoms in total. The second-order valence-electron chi connectivity index (χ2n) is 6.70. The van der Waals surface area contributed by atoms with Gasteiger partial charge in [0, 0.05) is 30.1 Å². The number of carbonyl (C=O) groups is 1. The van der Waals surface area contributed by atoms with Crippen LogP contribution in [0.3, 0.4) is 0 Å². The maximum absolute atomic E-state index is 13.3. The van der Waals surface area contributed by atoms with Crippen LogP contribution >= 0.6 is 23.2 Å². The van der Waals surface area contributed by atoms with Crippen LogP contribution in [0.4, 0.5) is 4.39 Å². The van der Waals surface area contributed by atoms with Crippen molar-refractivity contribution in [3.05, 3.63) is 69.8 Å². The number of nitrogens with zero attached hydrogens (tertiary/aromatic N) is 3. The molecule has 1 saturated heterocycles. The second-order valence-corrected chi connectivity index (χ2v) is 7.55. The normalized spacial score (nSPS) is 16.8. The summed E-state index contributed by atoms with van der Waals surface area (Å²) >= 11 is 11.7. The highest BCUT2D eigenvalue weighted by molar-refractivity contribution is 6.31. The molecule has 1 atom stereocenters. The molecule has 0 bridgehead atoms. The summed E-state index contributed by atoms with van der Waals surface area (Å²) in [4.78, 5) is 18.5. The summed E-state index contributed by atoms with van der Waals surface area (Å²) in [6, 6.07) is 11.8. The monoisotopic (exact) mass is 419 g/mol. The molecule has 3 aromatic rings. The molecule has 8 heteroatoms. The molecule has 1 aliphatic heterocycles. The van der Waals surface area contributed by atoms with E-state index in [4.69, 9.17) is 27.7 Å². The molecule has 0 spiro atoms. The molecular formula is C20H16Cl2FN3O2. The van der Waals surface area contributed by atoms with Crippen LogP contribution in [-0.2, 0) is 11.2 Å². The fourth-order valence-electron chi connectivity index (χ4n) is 3.22. The lowest BCUT2D eigenvalue weighted by Crippen LogP contribution is -2.27. The molecule has 1 unspecified atom stereocenters. The van der Waals surface area contributed by atoms with Gasteiger partial charge < -0.3 is 9.42 Å². The third-order valence-corrected chi connectivity index (χ3v) is 5.31. The van der Waals surface area contributed by atoms with Gasteiger partial charge in [0.2, 0.25) is 17.6 Å². The van der Waals surface area contributed by atoms with Gasteiger partial charge in [0.25, 0.3) is 0 Å². The van der Waals surface area contributed by atoms with E-state index in [0.717, 1.165) is 12.0 Å². The van der Waals surface area contributed by atoms with Crippen molar-refractivity contribution >= 4 is 29.1 Å². The Kier molecular flexibility index (Phi) is 5.33. The van der Waals surface area contributed by atoms with Crippen molar-refractivity contribution in [3.8, 4) is 11.4 Å². The number of hydrogen-bond acceptors (Lipinski definition) is 4. The maximum atomic E-state index is 13.3. The van der Waals surface area contributed by atoms with Crippen molar-refractivity contribution in [2.24, 2.45) is 0 Å². The van der Waals surface area contributed by atoms with Crippen LogP contribution in [0.1, 0.15) is 23.8 Å². The second kappa shape index (κ2) is 7.89. The van der Waals surface area contributed by atoms with Gasteiger partial charge in [0.05, 0.1) is 10.9 Å². The zero-order valence-corrected chi connectivity index (χ0v) is 16.3. The van der Waals surface area contributed by atoms with Gasteiger partial charge in [-0.25, -0.2) is 4.39 Å². The minimum absolute atomic E-state index is 0.00623. The Morgan fingerprint density at radius 1 is 1.18 bits per heavy atom. The van der Waals surface area contributed by atoms with Crippen LogP contribution in [0.2, 0.25) is 10.0 Å². The maximum Gasteiger partial charge on any atom is 0.232 e. The van der Waals surface area contributed by atoms with Crippen molar-refractivity contribution in [2.75, 3.05) is 13.1 Å². The SMILES string of the molecule is O=C1CC(c2nc(-c3ccc(F)c(Cl)c3)no2)CN1CCc1ccc(Cl)cc1. The summed E-state index contributed by atoms with van der Waals surface area (Å²) in [6.07, 6.45) is 1.07. The van der Waals surface area contributed by atoms with Crippen molar-refractivity contribution < 1.29 is 13.7 Å². The van der Waals surface area contributed by atoms with Crippen LogP contribution in [0, 0.1) is 5.82 Å². The highest BCUT2D eigenvalue weighted by Gasteiger charge is 2.34. The van der Waals surface area contributed by atoms with Crippen LogP contribution in [0.15, 0.2) is 47.0 Å². The number of amides is 1. The third-order valence-electron chi connectivity index (χ3n) is 4.77.